The van der Waals surface area contributed by atoms with Crippen molar-refractivity contribution in [2.24, 2.45) is 0 Å². The normalized spacial score (nSPS) is 23.2. The number of carbonyl (C=O) groups excluding carboxylic acids is 1. The number of benzene rings is 3. The first kappa shape index (κ1) is 20.3. The molecule has 1 saturated carbocycles. The first-order chi connectivity index (χ1) is 16.3. The highest BCUT2D eigenvalue weighted by atomic mass is 16.7. The maximum atomic E-state index is 13.7. The minimum atomic E-state index is 0.0806. The second-order valence-corrected chi connectivity index (χ2v) is 9.12. The summed E-state index contributed by atoms with van der Waals surface area (Å²) in [6.45, 7) is 1.44. The van der Waals surface area contributed by atoms with Gasteiger partial charge in [0.2, 0.25) is 6.79 Å². The van der Waals surface area contributed by atoms with Gasteiger partial charge in [-0.15, -0.1) is 0 Å². The summed E-state index contributed by atoms with van der Waals surface area (Å²) in [5.41, 5.74) is 4.15. The lowest BCUT2D eigenvalue weighted by Gasteiger charge is -2.46. The molecule has 5 nitrogen and oxygen atoms in total. The van der Waals surface area contributed by atoms with Crippen LogP contribution in [0.2, 0.25) is 0 Å². The lowest BCUT2D eigenvalue weighted by atomic mass is 9.73. The molecule has 1 amide bonds. The summed E-state index contributed by atoms with van der Waals surface area (Å²) in [5, 5.41) is 0. The molecule has 0 bridgehead atoms. The predicted molar refractivity (Wildman–Crippen MR) is 124 cm³/mol. The Hall–Kier alpha value is -3.31. The van der Waals surface area contributed by atoms with E-state index in [1.807, 2.05) is 48.5 Å². The van der Waals surface area contributed by atoms with Crippen molar-refractivity contribution in [1.82, 2.24) is 4.90 Å². The van der Waals surface area contributed by atoms with Gasteiger partial charge in [0.25, 0.3) is 5.91 Å². The van der Waals surface area contributed by atoms with E-state index in [9.17, 15) is 4.79 Å². The maximum absolute atomic E-state index is 13.7. The summed E-state index contributed by atoms with van der Waals surface area (Å²) in [7, 11) is 0. The highest BCUT2D eigenvalue weighted by molar-refractivity contribution is 5.98. The zero-order chi connectivity index (χ0) is 22.2. The fourth-order valence-electron chi connectivity index (χ4n) is 5.49. The van der Waals surface area contributed by atoms with Gasteiger partial charge in [-0.2, -0.15) is 0 Å². The van der Waals surface area contributed by atoms with Crippen molar-refractivity contribution < 1.29 is 19.0 Å². The topological polar surface area (TPSA) is 48.0 Å². The molecule has 6 rings (SSSR count). The van der Waals surface area contributed by atoms with Gasteiger partial charge in [0.15, 0.2) is 11.5 Å². The van der Waals surface area contributed by atoms with Crippen molar-refractivity contribution >= 4 is 5.91 Å². The van der Waals surface area contributed by atoms with Crippen molar-refractivity contribution in [3.63, 3.8) is 0 Å². The van der Waals surface area contributed by atoms with Crippen LogP contribution in [0.15, 0.2) is 72.8 Å². The fraction of sp³-hybridized carbons (Fsp3) is 0.321. The molecule has 168 valence electrons. The number of carbonyl (C=O) groups is 1. The second kappa shape index (κ2) is 8.56. The second-order valence-electron chi connectivity index (χ2n) is 9.12. The van der Waals surface area contributed by atoms with Crippen LogP contribution in [-0.4, -0.2) is 29.7 Å². The zero-order valence-electron chi connectivity index (χ0n) is 18.5. The quantitative estimate of drug-likeness (QED) is 0.540. The molecule has 1 aliphatic carbocycles. The summed E-state index contributed by atoms with van der Waals surface area (Å²) in [6.07, 6.45) is 2.93. The molecule has 0 unspecified atom stereocenters. The molecule has 2 heterocycles. The first-order valence-electron chi connectivity index (χ1n) is 11.7. The van der Waals surface area contributed by atoms with Crippen molar-refractivity contribution in [3.05, 3.63) is 95.1 Å². The summed E-state index contributed by atoms with van der Waals surface area (Å²) in [6, 6.07) is 24.6. The van der Waals surface area contributed by atoms with Gasteiger partial charge in [-0.05, 0) is 48.1 Å². The number of ether oxygens (including phenoxy) is 3. The Balaban J connectivity index is 1.30. The van der Waals surface area contributed by atoms with Crippen LogP contribution in [0.3, 0.4) is 0 Å². The van der Waals surface area contributed by atoms with E-state index in [1.165, 1.54) is 5.56 Å². The molecule has 3 atom stereocenters. The van der Waals surface area contributed by atoms with Gasteiger partial charge in [-0.1, -0.05) is 60.7 Å². The Bertz CT molecular complexity index is 1150. The van der Waals surface area contributed by atoms with E-state index in [0.29, 0.717) is 18.9 Å². The third-order valence-corrected chi connectivity index (χ3v) is 7.13. The largest absolute Gasteiger partial charge is 0.454 e. The first-order valence-corrected chi connectivity index (χ1v) is 11.7. The van der Waals surface area contributed by atoms with Crippen molar-refractivity contribution in [1.29, 1.82) is 0 Å². The number of fused-ring (bicyclic) bond motifs is 4. The highest BCUT2D eigenvalue weighted by Crippen LogP contribution is 2.47. The molecule has 0 saturated heterocycles. The monoisotopic (exact) mass is 441 g/mol. The van der Waals surface area contributed by atoms with E-state index in [4.69, 9.17) is 14.2 Å². The molecule has 3 aliphatic rings. The van der Waals surface area contributed by atoms with Crippen molar-refractivity contribution in [3.8, 4) is 11.5 Å². The Morgan fingerprint density at radius 1 is 0.879 bits per heavy atom. The van der Waals surface area contributed by atoms with Crippen LogP contribution in [0.1, 0.15) is 52.2 Å². The lowest BCUT2D eigenvalue weighted by molar-refractivity contribution is -0.0134. The summed E-state index contributed by atoms with van der Waals surface area (Å²) in [4.78, 5) is 15.7. The van der Waals surface area contributed by atoms with Gasteiger partial charge in [0.1, 0.15) is 0 Å². The summed E-state index contributed by atoms with van der Waals surface area (Å²) < 4.78 is 17.6. The lowest BCUT2D eigenvalue weighted by Crippen LogP contribution is -2.50. The molecule has 3 aromatic rings. The molecule has 33 heavy (non-hydrogen) atoms. The van der Waals surface area contributed by atoms with E-state index >= 15 is 0 Å². The number of hydrogen-bond acceptors (Lipinski definition) is 4. The van der Waals surface area contributed by atoms with Crippen LogP contribution in [0.4, 0.5) is 0 Å². The Kier molecular flexibility index (Phi) is 5.27. The average Bonchev–Trinajstić information content (AvgIpc) is 3.33. The molecule has 1 fully saturated rings. The zero-order valence-corrected chi connectivity index (χ0v) is 18.5. The summed E-state index contributed by atoms with van der Waals surface area (Å²) in [5.74, 6) is 1.69. The van der Waals surface area contributed by atoms with Crippen molar-refractivity contribution in [2.45, 2.75) is 50.5 Å². The fourth-order valence-corrected chi connectivity index (χ4v) is 5.49. The van der Waals surface area contributed by atoms with Crippen LogP contribution < -0.4 is 9.47 Å². The smallest absolute Gasteiger partial charge is 0.254 e. The van der Waals surface area contributed by atoms with Gasteiger partial charge in [-0.3, -0.25) is 4.79 Å². The van der Waals surface area contributed by atoms with Gasteiger partial charge in [0.05, 0.1) is 12.7 Å². The van der Waals surface area contributed by atoms with Crippen molar-refractivity contribution in [2.75, 3.05) is 6.79 Å². The minimum absolute atomic E-state index is 0.0806. The number of rotatable bonds is 5. The Morgan fingerprint density at radius 3 is 2.33 bits per heavy atom. The van der Waals surface area contributed by atoms with Gasteiger partial charge in [0, 0.05) is 24.1 Å². The minimum Gasteiger partial charge on any atom is -0.454 e. The van der Waals surface area contributed by atoms with E-state index in [2.05, 4.69) is 29.2 Å². The molecule has 0 radical (unpaired) electrons. The van der Waals surface area contributed by atoms with E-state index in [0.717, 1.165) is 41.7 Å². The van der Waals surface area contributed by atoms with E-state index in [-0.39, 0.29) is 30.8 Å². The van der Waals surface area contributed by atoms with Crippen LogP contribution in [0.25, 0.3) is 0 Å². The van der Waals surface area contributed by atoms with Crippen LogP contribution in [-0.2, 0) is 17.9 Å². The molecular formula is C28H27NO4. The third-order valence-electron chi connectivity index (χ3n) is 7.13. The molecule has 0 aromatic heterocycles. The predicted octanol–water partition coefficient (Wildman–Crippen LogP) is 5.29. The van der Waals surface area contributed by atoms with Gasteiger partial charge >= 0.3 is 0 Å². The Labute approximate surface area is 193 Å². The maximum Gasteiger partial charge on any atom is 0.254 e. The number of nitrogens with zero attached hydrogens (tertiary/aromatic N) is 1. The van der Waals surface area contributed by atoms with Crippen LogP contribution in [0, 0.1) is 0 Å². The highest BCUT2D eigenvalue weighted by Gasteiger charge is 2.44. The van der Waals surface area contributed by atoms with E-state index in [1.54, 1.807) is 0 Å². The summed E-state index contributed by atoms with van der Waals surface area (Å²) >= 11 is 0. The van der Waals surface area contributed by atoms with Crippen LogP contribution >= 0.6 is 0 Å². The van der Waals surface area contributed by atoms with Crippen LogP contribution in [0.5, 0.6) is 11.5 Å². The van der Waals surface area contributed by atoms with Gasteiger partial charge in [-0.25, -0.2) is 0 Å². The Morgan fingerprint density at radius 2 is 1.58 bits per heavy atom. The number of amides is 1. The molecule has 0 spiro atoms. The average molecular weight is 442 g/mol. The molecule has 5 heteroatoms. The molecule has 0 N–H and O–H groups in total. The SMILES string of the molecule is O=C1c2cc3c(cc2[C@@H]2C[C@H](OCc4ccccc4)CC[C@@H]2N1Cc1ccccc1)OCO3. The molecule has 2 aliphatic heterocycles. The number of hydrogen-bond donors (Lipinski definition) is 0. The molecular weight excluding hydrogens is 414 g/mol. The third kappa shape index (κ3) is 3.87. The van der Waals surface area contributed by atoms with E-state index < -0.39 is 0 Å². The molecule has 3 aromatic carbocycles. The van der Waals surface area contributed by atoms with Gasteiger partial charge < -0.3 is 19.1 Å². The standard InChI is InChI=1S/C28H27NO4/c30-28-24-15-27-26(32-18-33-27)14-22(24)23-13-21(31-17-20-9-5-2-6-10-20)11-12-25(23)29(28)16-19-7-3-1-4-8-19/h1-10,14-15,21,23,25H,11-13,16-18H2/t21-,23+,25+/m1/s1.